The molecule has 0 radical (unpaired) electrons. The van der Waals surface area contributed by atoms with Crippen LogP contribution in [0.2, 0.25) is 0 Å². The molecule has 2 aromatic rings. The van der Waals surface area contributed by atoms with E-state index in [4.69, 9.17) is 10.8 Å². The van der Waals surface area contributed by atoms with Gasteiger partial charge in [0.15, 0.2) is 11.2 Å². The molecule has 2 aromatic carbocycles. The minimum atomic E-state index is -4.23. The van der Waals surface area contributed by atoms with Crippen LogP contribution in [0.25, 0.3) is 10.8 Å². The van der Waals surface area contributed by atoms with Gasteiger partial charge in [-0.25, -0.2) is 8.42 Å². The Balaban J connectivity index is 2.60. The Kier molecular flexibility index (Phi) is 4.30. The predicted molar refractivity (Wildman–Crippen MR) is 81.0 cm³/mol. The first-order valence-electron chi connectivity index (χ1n) is 6.51. The average Bonchev–Trinajstić information content (AvgIpc) is 2.51. The molecule has 0 aliphatic heterocycles. The summed E-state index contributed by atoms with van der Waals surface area (Å²) in [7, 11) is -4.23. The van der Waals surface area contributed by atoms with Crippen LogP contribution < -0.4 is 5.73 Å². The van der Waals surface area contributed by atoms with Gasteiger partial charge in [0.05, 0.1) is 4.90 Å². The van der Waals surface area contributed by atoms with Gasteiger partial charge in [-0.2, -0.15) is 0 Å². The number of aldehydes is 1. The van der Waals surface area contributed by atoms with Gasteiger partial charge >= 0.3 is 5.97 Å². The molecule has 0 heterocycles. The van der Waals surface area contributed by atoms with Crippen LogP contribution in [0.1, 0.15) is 12.8 Å². The van der Waals surface area contributed by atoms with Gasteiger partial charge < -0.3 is 15.6 Å². The van der Waals surface area contributed by atoms with Gasteiger partial charge in [0.2, 0.25) is 9.84 Å². The van der Waals surface area contributed by atoms with E-state index < -0.39 is 33.5 Å². The maximum Gasteiger partial charge on any atom is 0.303 e. The van der Waals surface area contributed by atoms with Crippen molar-refractivity contribution in [1.29, 1.82) is 0 Å². The van der Waals surface area contributed by atoms with Gasteiger partial charge in [0.1, 0.15) is 0 Å². The summed E-state index contributed by atoms with van der Waals surface area (Å²) in [6.45, 7) is 0. The topological polar surface area (TPSA) is 115 Å². The van der Waals surface area contributed by atoms with Gasteiger partial charge in [0.25, 0.3) is 0 Å². The van der Waals surface area contributed by atoms with E-state index in [1.807, 2.05) is 0 Å². The molecule has 22 heavy (non-hydrogen) atoms. The molecule has 0 bridgehead atoms. The summed E-state index contributed by atoms with van der Waals surface area (Å²) in [5, 5.41) is 9.85. The quantitative estimate of drug-likeness (QED) is 0.776. The zero-order chi connectivity index (χ0) is 16.4. The second-order valence-corrected chi connectivity index (χ2v) is 7.15. The number of benzene rings is 2. The second kappa shape index (κ2) is 5.86. The number of hydrogen-bond donors (Lipinski definition) is 2. The van der Waals surface area contributed by atoms with Crippen molar-refractivity contribution >= 4 is 32.9 Å². The Labute approximate surface area is 127 Å². The third-order valence-electron chi connectivity index (χ3n) is 3.47. The Bertz CT molecular complexity index is 825. The number of sulfone groups is 1. The van der Waals surface area contributed by atoms with E-state index in [0.717, 1.165) is 0 Å². The highest BCUT2D eigenvalue weighted by molar-refractivity contribution is 7.93. The first kappa shape index (κ1) is 16.1. The van der Waals surface area contributed by atoms with E-state index in [0.29, 0.717) is 10.8 Å². The Morgan fingerprint density at radius 2 is 1.82 bits per heavy atom. The summed E-state index contributed by atoms with van der Waals surface area (Å²) in [5.41, 5.74) is 5.73. The summed E-state index contributed by atoms with van der Waals surface area (Å²) >= 11 is 0. The number of aliphatic carboxylic acids is 1. The molecule has 6 nitrogen and oxygen atoms in total. The molecule has 0 aliphatic carbocycles. The largest absolute Gasteiger partial charge is 0.481 e. The normalized spacial score (nSPS) is 14.4. The zero-order valence-corrected chi connectivity index (χ0v) is 12.4. The van der Waals surface area contributed by atoms with Gasteiger partial charge in [-0.15, -0.1) is 0 Å². The van der Waals surface area contributed by atoms with Crippen molar-refractivity contribution < 1.29 is 23.1 Å². The number of hydrogen-bond acceptors (Lipinski definition) is 5. The monoisotopic (exact) mass is 321 g/mol. The zero-order valence-electron chi connectivity index (χ0n) is 11.6. The fourth-order valence-corrected chi connectivity index (χ4v) is 3.83. The maximum atomic E-state index is 12.8. The van der Waals surface area contributed by atoms with E-state index in [1.165, 1.54) is 6.07 Å². The average molecular weight is 321 g/mol. The minimum Gasteiger partial charge on any atom is -0.481 e. The smallest absolute Gasteiger partial charge is 0.303 e. The molecule has 2 rings (SSSR count). The molecular formula is C15H15NO5S. The van der Waals surface area contributed by atoms with Crippen LogP contribution in [0.15, 0.2) is 47.4 Å². The second-order valence-electron chi connectivity index (χ2n) is 4.95. The number of carboxylic acid groups (broad SMARTS) is 1. The van der Waals surface area contributed by atoms with Crippen molar-refractivity contribution in [3.8, 4) is 0 Å². The molecular weight excluding hydrogens is 306 g/mol. The number of rotatable bonds is 6. The lowest BCUT2D eigenvalue weighted by Gasteiger charge is -2.23. The molecule has 0 spiro atoms. The summed E-state index contributed by atoms with van der Waals surface area (Å²) in [6.07, 6.45) is -0.899. The predicted octanol–water partition coefficient (Wildman–Crippen LogP) is 1.33. The highest BCUT2D eigenvalue weighted by Crippen LogP contribution is 2.30. The van der Waals surface area contributed by atoms with Crippen molar-refractivity contribution in [2.24, 2.45) is 5.73 Å². The third kappa shape index (κ3) is 2.72. The van der Waals surface area contributed by atoms with Crippen LogP contribution in [0.5, 0.6) is 0 Å². The maximum absolute atomic E-state index is 12.8. The van der Waals surface area contributed by atoms with E-state index in [9.17, 15) is 18.0 Å². The van der Waals surface area contributed by atoms with Crippen LogP contribution in [0.4, 0.5) is 0 Å². The summed E-state index contributed by atoms with van der Waals surface area (Å²) in [5.74, 6) is -1.22. The molecule has 3 N–H and O–H groups in total. The fourth-order valence-electron chi connectivity index (χ4n) is 2.19. The molecule has 0 saturated heterocycles. The number of nitrogens with two attached hydrogens (primary N) is 1. The van der Waals surface area contributed by atoms with Gasteiger partial charge in [-0.3, -0.25) is 4.79 Å². The van der Waals surface area contributed by atoms with Crippen molar-refractivity contribution in [3.05, 3.63) is 42.5 Å². The minimum absolute atomic E-state index is 0.0782. The SMILES string of the molecule is N[C@](C=O)(CCC(=O)O)S(=O)(=O)c1cccc2ccccc12. The number of carbonyl (C=O) groups excluding carboxylic acids is 1. The molecule has 0 saturated carbocycles. The third-order valence-corrected chi connectivity index (χ3v) is 5.70. The fraction of sp³-hybridized carbons (Fsp3) is 0.200. The van der Waals surface area contributed by atoms with E-state index in [2.05, 4.69) is 0 Å². The first-order chi connectivity index (χ1) is 10.3. The van der Waals surface area contributed by atoms with Crippen LogP contribution in [0, 0.1) is 0 Å². The molecule has 0 fully saturated rings. The van der Waals surface area contributed by atoms with E-state index in [-0.39, 0.29) is 11.2 Å². The first-order valence-corrected chi connectivity index (χ1v) is 7.99. The summed E-state index contributed by atoms with van der Waals surface area (Å²) in [6, 6.07) is 11.5. The molecule has 7 heteroatoms. The lowest BCUT2D eigenvalue weighted by Crippen LogP contribution is -2.49. The van der Waals surface area contributed by atoms with E-state index in [1.54, 1.807) is 36.4 Å². The van der Waals surface area contributed by atoms with Gasteiger partial charge in [-0.1, -0.05) is 36.4 Å². The number of carboxylic acids is 1. The van der Waals surface area contributed by atoms with Crippen molar-refractivity contribution in [2.75, 3.05) is 0 Å². The van der Waals surface area contributed by atoms with E-state index >= 15 is 0 Å². The molecule has 0 amide bonds. The Morgan fingerprint density at radius 3 is 2.45 bits per heavy atom. The van der Waals surface area contributed by atoms with Crippen molar-refractivity contribution in [3.63, 3.8) is 0 Å². The number of carbonyl (C=O) groups is 2. The van der Waals surface area contributed by atoms with Crippen LogP contribution in [-0.2, 0) is 19.4 Å². The molecule has 0 unspecified atom stereocenters. The van der Waals surface area contributed by atoms with Gasteiger partial charge in [-0.05, 0) is 17.9 Å². The lowest BCUT2D eigenvalue weighted by atomic mass is 10.1. The molecule has 0 aliphatic rings. The summed E-state index contributed by atoms with van der Waals surface area (Å²) < 4.78 is 25.5. The van der Waals surface area contributed by atoms with Crippen molar-refractivity contribution in [2.45, 2.75) is 22.6 Å². The Morgan fingerprint density at radius 1 is 1.18 bits per heavy atom. The summed E-state index contributed by atoms with van der Waals surface area (Å²) in [4.78, 5) is 19.6. The lowest BCUT2D eigenvalue weighted by molar-refractivity contribution is -0.137. The van der Waals surface area contributed by atoms with Crippen LogP contribution in [-0.4, -0.2) is 30.7 Å². The van der Waals surface area contributed by atoms with Crippen LogP contribution in [0.3, 0.4) is 0 Å². The van der Waals surface area contributed by atoms with Crippen LogP contribution >= 0.6 is 0 Å². The highest BCUT2D eigenvalue weighted by atomic mass is 32.2. The Hall–Kier alpha value is -2.25. The molecule has 116 valence electrons. The standard InChI is InChI=1S/C15H15NO5S/c16-15(10-17,9-8-14(18)19)22(20,21)13-7-3-5-11-4-1-2-6-12(11)13/h1-7,10H,8-9,16H2,(H,18,19)/t15-/m1/s1. The highest BCUT2D eigenvalue weighted by Gasteiger charge is 2.42. The van der Waals surface area contributed by atoms with Gasteiger partial charge in [0, 0.05) is 11.8 Å². The molecule has 0 aromatic heterocycles. The van der Waals surface area contributed by atoms with Crippen molar-refractivity contribution in [1.82, 2.24) is 0 Å². The number of fused-ring (bicyclic) bond motifs is 1. The molecule has 1 atom stereocenters.